The summed E-state index contributed by atoms with van der Waals surface area (Å²) in [6, 6.07) is 0. The highest BCUT2D eigenvalue weighted by Gasteiger charge is 2.21. The highest BCUT2D eigenvalue weighted by Crippen LogP contribution is 2.13. The molecule has 0 aromatic rings. The molecule has 72 valence electrons. The number of aldehydes is 1. The molecule has 0 bridgehead atoms. The second-order valence-corrected chi connectivity index (χ2v) is 5.51. The molecule has 0 rings (SSSR count). The molecule has 0 amide bonds. The van der Waals surface area contributed by atoms with Crippen LogP contribution < -0.4 is 0 Å². The van der Waals surface area contributed by atoms with Crippen molar-refractivity contribution in [2.75, 3.05) is 12.0 Å². The van der Waals surface area contributed by atoms with Crippen LogP contribution in [0.4, 0.5) is 0 Å². The van der Waals surface area contributed by atoms with Gasteiger partial charge in [0.05, 0.1) is 11.4 Å². The van der Waals surface area contributed by atoms with Crippen molar-refractivity contribution in [2.45, 2.75) is 25.4 Å². The lowest BCUT2D eigenvalue weighted by Gasteiger charge is -2.19. The Kier molecular flexibility index (Phi) is 3.86. The number of hydrogen-bond acceptors (Lipinski definition) is 4. The van der Waals surface area contributed by atoms with Gasteiger partial charge in [-0.1, -0.05) is 0 Å². The van der Waals surface area contributed by atoms with Crippen molar-refractivity contribution >= 4 is 16.1 Å². The van der Waals surface area contributed by atoms with Crippen LogP contribution in [0, 0.1) is 0 Å². The van der Waals surface area contributed by atoms with Crippen LogP contribution in [-0.4, -0.2) is 37.4 Å². The van der Waals surface area contributed by atoms with Crippen molar-refractivity contribution in [1.29, 1.82) is 0 Å². The summed E-state index contributed by atoms with van der Waals surface area (Å²) in [5.41, 5.74) is -1.19. The molecule has 12 heavy (non-hydrogen) atoms. The highest BCUT2D eigenvalue weighted by molar-refractivity contribution is 7.90. The number of sulfone groups is 1. The van der Waals surface area contributed by atoms with Crippen molar-refractivity contribution in [3.8, 4) is 0 Å². The van der Waals surface area contributed by atoms with E-state index in [4.69, 9.17) is 0 Å². The highest BCUT2D eigenvalue weighted by atomic mass is 32.2. The zero-order valence-corrected chi connectivity index (χ0v) is 8.10. The van der Waals surface area contributed by atoms with Gasteiger partial charge in [0.2, 0.25) is 0 Å². The Morgan fingerprint density at radius 1 is 1.50 bits per heavy atom. The summed E-state index contributed by atoms with van der Waals surface area (Å²) in [7, 11) is -3.05. The summed E-state index contributed by atoms with van der Waals surface area (Å²) in [5, 5.41) is 9.38. The number of carbonyl (C=O) groups excluding carboxylic acids is 1. The molecule has 0 saturated heterocycles. The van der Waals surface area contributed by atoms with Crippen LogP contribution in [0.15, 0.2) is 0 Å². The maximum absolute atomic E-state index is 10.7. The fraction of sp³-hybridized carbons (Fsp3) is 0.857. The molecule has 1 atom stereocenters. The second-order valence-electron chi connectivity index (χ2n) is 3.25. The lowest BCUT2D eigenvalue weighted by Crippen LogP contribution is -2.27. The number of hydrogen-bond donors (Lipinski definition) is 1. The third kappa shape index (κ3) is 6.30. The van der Waals surface area contributed by atoms with E-state index in [0.717, 1.165) is 6.26 Å². The molecule has 4 nitrogen and oxygen atoms in total. The van der Waals surface area contributed by atoms with Gasteiger partial charge < -0.3 is 9.90 Å². The van der Waals surface area contributed by atoms with E-state index in [1.165, 1.54) is 6.92 Å². The van der Waals surface area contributed by atoms with Gasteiger partial charge in [-0.2, -0.15) is 0 Å². The van der Waals surface area contributed by atoms with E-state index in [1.54, 1.807) is 0 Å². The molecule has 1 N–H and O–H groups in total. The van der Waals surface area contributed by atoms with Gasteiger partial charge in [0.15, 0.2) is 0 Å². The zero-order valence-electron chi connectivity index (χ0n) is 7.28. The summed E-state index contributed by atoms with van der Waals surface area (Å²) in [4.78, 5) is 10.0. The molecule has 0 aromatic carbocycles. The van der Waals surface area contributed by atoms with Crippen molar-refractivity contribution in [3.05, 3.63) is 0 Å². The zero-order chi connectivity index (χ0) is 9.83. The van der Waals surface area contributed by atoms with Gasteiger partial charge in [-0.25, -0.2) is 8.42 Å². The molecule has 0 aliphatic heterocycles. The van der Waals surface area contributed by atoms with Crippen LogP contribution in [0.1, 0.15) is 19.8 Å². The van der Waals surface area contributed by atoms with Crippen molar-refractivity contribution in [3.63, 3.8) is 0 Å². The molecule has 0 fully saturated rings. The lowest BCUT2D eigenvalue weighted by atomic mass is 10.0. The number of carbonyl (C=O) groups is 1. The molecule has 0 aromatic heterocycles. The van der Waals surface area contributed by atoms with Crippen LogP contribution in [0.5, 0.6) is 0 Å². The minimum Gasteiger partial charge on any atom is -0.390 e. The normalized spacial score (nSPS) is 16.9. The maximum Gasteiger partial charge on any atom is 0.147 e. The molecule has 1 unspecified atom stereocenters. The number of aliphatic hydroxyl groups is 1. The van der Waals surface area contributed by atoms with Crippen LogP contribution in [0.25, 0.3) is 0 Å². The molecule has 0 radical (unpaired) electrons. The predicted molar refractivity (Wildman–Crippen MR) is 45.6 cm³/mol. The van der Waals surface area contributed by atoms with Gasteiger partial charge in [0.1, 0.15) is 16.1 Å². The molecular weight excluding hydrogens is 180 g/mol. The van der Waals surface area contributed by atoms with E-state index < -0.39 is 15.4 Å². The summed E-state index contributed by atoms with van der Waals surface area (Å²) in [5.74, 6) is -0.0894. The Bertz CT molecular complexity index is 240. The summed E-state index contributed by atoms with van der Waals surface area (Å²) in [6.45, 7) is 1.45. The summed E-state index contributed by atoms with van der Waals surface area (Å²) >= 11 is 0. The average Bonchev–Trinajstić information content (AvgIpc) is 1.83. The van der Waals surface area contributed by atoms with Crippen molar-refractivity contribution < 1.29 is 18.3 Å². The topological polar surface area (TPSA) is 71.4 Å². The first-order valence-electron chi connectivity index (χ1n) is 3.60. The third-order valence-corrected chi connectivity index (χ3v) is 2.48. The largest absolute Gasteiger partial charge is 0.390 e. The molecule has 0 heterocycles. The van der Waals surface area contributed by atoms with E-state index in [-0.39, 0.29) is 18.6 Å². The maximum atomic E-state index is 10.7. The van der Waals surface area contributed by atoms with Gasteiger partial charge in [-0.3, -0.25) is 0 Å². The molecule has 0 aliphatic rings. The Hall–Kier alpha value is -0.420. The van der Waals surface area contributed by atoms with E-state index >= 15 is 0 Å². The van der Waals surface area contributed by atoms with E-state index in [1.807, 2.05) is 0 Å². The van der Waals surface area contributed by atoms with Crippen LogP contribution in [0.2, 0.25) is 0 Å². The molecule has 0 spiro atoms. The van der Waals surface area contributed by atoms with Crippen LogP contribution in [0.3, 0.4) is 0 Å². The van der Waals surface area contributed by atoms with Crippen molar-refractivity contribution in [2.24, 2.45) is 0 Å². The van der Waals surface area contributed by atoms with E-state index in [9.17, 15) is 18.3 Å². The predicted octanol–water partition coefficient (Wildman–Crippen LogP) is -0.239. The molecule has 0 aliphatic carbocycles. The fourth-order valence-electron chi connectivity index (χ4n) is 0.687. The van der Waals surface area contributed by atoms with Crippen molar-refractivity contribution in [1.82, 2.24) is 0 Å². The van der Waals surface area contributed by atoms with E-state index in [0.29, 0.717) is 6.29 Å². The van der Waals surface area contributed by atoms with Gasteiger partial charge in [0.25, 0.3) is 0 Å². The molecular formula is C7H14O4S. The van der Waals surface area contributed by atoms with Crippen LogP contribution in [-0.2, 0) is 14.6 Å². The SMILES string of the molecule is CC(O)(CC=O)CCS(C)(=O)=O. The Morgan fingerprint density at radius 2 is 2.00 bits per heavy atom. The Balaban J connectivity index is 4.00. The van der Waals surface area contributed by atoms with Gasteiger partial charge in [-0.15, -0.1) is 0 Å². The smallest absolute Gasteiger partial charge is 0.147 e. The fourth-order valence-corrected chi connectivity index (χ4v) is 1.50. The van der Waals surface area contributed by atoms with Gasteiger partial charge >= 0.3 is 0 Å². The monoisotopic (exact) mass is 194 g/mol. The summed E-state index contributed by atoms with van der Waals surface area (Å²) in [6.07, 6.45) is 1.76. The molecule has 0 saturated carbocycles. The quantitative estimate of drug-likeness (QED) is 0.613. The lowest BCUT2D eigenvalue weighted by molar-refractivity contribution is -0.111. The summed E-state index contributed by atoms with van der Waals surface area (Å²) < 4.78 is 21.4. The van der Waals surface area contributed by atoms with Gasteiger partial charge in [-0.05, 0) is 13.3 Å². The third-order valence-electron chi connectivity index (χ3n) is 1.53. The standard InChI is InChI=1S/C7H14O4S/c1-7(9,3-5-8)4-6-12(2,10)11/h5,9H,3-4,6H2,1-2H3. The minimum atomic E-state index is -3.05. The number of rotatable bonds is 5. The van der Waals surface area contributed by atoms with E-state index in [2.05, 4.69) is 0 Å². The second kappa shape index (κ2) is 4.00. The Morgan fingerprint density at radius 3 is 2.33 bits per heavy atom. The minimum absolute atomic E-state index is 0.0253. The Labute approximate surface area is 72.5 Å². The first kappa shape index (κ1) is 11.6. The molecule has 5 heteroatoms. The van der Waals surface area contributed by atoms with Crippen LogP contribution >= 0.6 is 0 Å². The first-order valence-corrected chi connectivity index (χ1v) is 5.67. The van der Waals surface area contributed by atoms with Gasteiger partial charge in [0, 0.05) is 12.7 Å². The first-order chi connectivity index (χ1) is 5.27. The average molecular weight is 194 g/mol.